The molecule has 0 spiro atoms. The molecule has 1 aromatic carbocycles. The van der Waals surface area contributed by atoms with Gasteiger partial charge in [-0.05, 0) is 11.1 Å². The SMILES string of the molecule is COCc1ccc(C(N)COC)cc1. The van der Waals surface area contributed by atoms with Crippen LogP contribution in [0.1, 0.15) is 17.2 Å². The average molecular weight is 195 g/mol. The quantitative estimate of drug-likeness (QED) is 0.774. The summed E-state index contributed by atoms with van der Waals surface area (Å²) in [4.78, 5) is 0. The van der Waals surface area contributed by atoms with Crippen LogP contribution in [0.4, 0.5) is 0 Å². The Morgan fingerprint density at radius 2 is 1.79 bits per heavy atom. The summed E-state index contributed by atoms with van der Waals surface area (Å²) in [5.74, 6) is 0. The third-order valence-electron chi connectivity index (χ3n) is 2.07. The van der Waals surface area contributed by atoms with Crippen LogP contribution >= 0.6 is 0 Å². The Morgan fingerprint density at radius 3 is 2.29 bits per heavy atom. The first kappa shape index (κ1) is 11.2. The summed E-state index contributed by atoms with van der Waals surface area (Å²) in [6, 6.07) is 8.02. The summed E-state index contributed by atoms with van der Waals surface area (Å²) in [6.07, 6.45) is 0. The van der Waals surface area contributed by atoms with Crippen LogP contribution in [-0.4, -0.2) is 20.8 Å². The molecule has 0 radical (unpaired) electrons. The van der Waals surface area contributed by atoms with E-state index in [4.69, 9.17) is 15.2 Å². The molecule has 1 aromatic rings. The molecule has 0 saturated heterocycles. The molecule has 0 amide bonds. The van der Waals surface area contributed by atoms with E-state index < -0.39 is 0 Å². The Morgan fingerprint density at radius 1 is 1.14 bits per heavy atom. The molecule has 0 aromatic heterocycles. The summed E-state index contributed by atoms with van der Waals surface area (Å²) in [5.41, 5.74) is 8.12. The molecule has 0 bridgehead atoms. The van der Waals surface area contributed by atoms with E-state index in [-0.39, 0.29) is 6.04 Å². The molecule has 1 unspecified atom stereocenters. The van der Waals surface area contributed by atoms with Crippen molar-refractivity contribution < 1.29 is 9.47 Å². The topological polar surface area (TPSA) is 44.5 Å². The Kier molecular flexibility index (Phi) is 4.59. The standard InChI is InChI=1S/C11H17NO2/c1-13-7-9-3-5-10(6-4-9)11(12)8-14-2/h3-6,11H,7-8,12H2,1-2H3. The van der Waals surface area contributed by atoms with Gasteiger partial charge in [-0.1, -0.05) is 24.3 Å². The summed E-state index contributed by atoms with van der Waals surface area (Å²) in [6.45, 7) is 1.18. The molecule has 0 fully saturated rings. The van der Waals surface area contributed by atoms with Crippen LogP contribution in [0.2, 0.25) is 0 Å². The van der Waals surface area contributed by atoms with Gasteiger partial charge in [0.05, 0.1) is 19.3 Å². The first-order chi connectivity index (χ1) is 6.77. The van der Waals surface area contributed by atoms with Gasteiger partial charge in [0.2, 0.25) is 0 Å². The number of nitrogens with two attached hydrogens (primary N) is 1. The van der Waals surface area contributed by atoms with Crippen molar-refractivity contribution in [1.82, 2.24) is 0 Å². The highest BCUT2D eigenvalue weighted by Crippen LogP contribution is 2.12. The van der Waals surface area contributed by atoms with Crippen molar-refractivity contribution >= 4 is 0 Å². The van der Waals surface area contributed by atoms with Crippen molar-refractivity contribution in [3.63, 3.8) is 0 Å². The van der Waals surface area contributed by atoms with E-state index in [1.807, 2.05) is 24.3 Å². The van der Waals surface area contributed by atoms with Gasteiger partial charge in [-0.25, -0.2) is 0 Å². The molecule has 0 aliphatic carbocycles. The minimum absolute atomic E-state index is 0.0448. The molecule has 2 N–H and O–H groups in total. The van der Waals surface area contributed by atoms with E-state index in [2.05, 4.69) is 0 Å². The molecule has 0 aliphatic heterocycles. The Hall–Kier alpha value is -0.900. The monoisotopic (exact) mass is 195 g/mol. The molecule has 78 valence electrons. The molecule has 1 rings (SSSR count). The molecular weight excluding hydrogens is 178 g/mol. The lowest BCUT2D eigenvalue weighted by molar-refractivity contribution is 0.180. The van der Waals surface area contributed by atoms with Crippen LogP contribution in [0.3, 0.4) is 0 Å². The normalized spacial score (nSPS) is 12.8. The van der Waals surface area contributed by atoms with Crippen molar-refractivity contribution in [2.24, 2.45) is 5.73 Å². The van der Waals surface area contributed by atoms with E-state index in [1.165, 1.54) is 0 Å². The second-order valence-corrected chi connectivity index (χ2v) is 3.24. The third-order valence-corrected chi connectivity index (χ3v) is 2.07. The Balaban J connectivity index is 2.62. The minimum atomic E-state index is -0.0448. The molecule has 3 heteroatoms. The maximum atomic E-state index is 5.87. The van der Waals surface area contributed by atoms with Crippen molar-refractivity contribution in [3.8, 4) is 0 Å². The predicted octanol–water partition coefficient (Wildman–Crippen LogP) is 1.48. The van der Waals surface area contributed by atoms with Gasteiger partial charge in [0.15, 0.2) is 0 Å². The van der Waals surface area contributed by atoms with Crippen LogP contribution < -0.4 is 5.73 Å². The van der Waals surface area contributed by atoms with E-state index in [9.17, 15) is 0 Å². The third kappa shape index (κ3) is 3.10. The highest BCUT2D eigenvalue weighted by Gasteiger charge is 2.04. The lowest BCUT2D eigenvalue weighted by atomic mass is 10.1. The zero-order chi connectivity index (χ0) is 10.4. The second-order valence-electron chi connectivity index (χ2n) is 3.24. The fourth-order valence-corrected chi connectivity index (χ4v) is 1.30. The number of ether oxygens (including phenoxy) is 2. The number of methoxy groups -OCH3 is 2. The van der Waals surface area contributed by atoms with Gasteiger partial charge in [0, 0.05) is 14.2 Å². The predicted molar refractivity (Wildman–Crippen MR) is 56.0 cm³/mol. The molecular formula is C11H17NO2. The highest BCUT2D eigenvalue weighted by molar-refractivity contribution is 5.24. The van der Waals surface area contributed by atoms with Gasteiger partial charge in [0.25, 0.3) is 0 Å². The van der Waals surface area contributed by atoms with Gasteiger partial charge in [-0.15, -0.1) is 0 Å². The Bertz CT molecular complexity index is 258. The second kappa shape index (κ2) is 5.75. The molecule has 1 atom stereocenters. The van der Waals surface area contributed by atoms with Crippen molar-refractivity contribution in [3.05, 3.63) is 35.4 Å². The van der Waals surface area contributed by atoms with Gasteiger partial charge in [-0.3, -0.25) is 0 Å². The van der Waals surface area contributed by atoms with Crippen LogP contribution in [0.15, 0.2) is 24.3 Å². The van der Waals surface area contributed by atoms with E-state index >= 15 is 0 Å². The fourth-order valence-electron chi connectivity index (χ4n) is 1.30. The lowest BCUT2D eigenvalue weighted by Gasteiger charge is -2.11. The zero-order valence-corrected chi connectivity index (χ0v) is 8.69. The molecule has 0 aliphatic rings. The number of hydrogen-bond donors (Lipinski definition) is 1. The molecule has 0 heterocycles. The maximum absolute atomic E-state index is 5.87. The molecule has 0 saturated carbocycles. The zero-order valence-electron chi connectivity index (χ0n) is 8.69. The number of benzene rings is 1. The average Bonchev–Trinajstić information content (AvgIpc) is 2.20. The summed E-state index contributed by atoms with van der Waals surface area (Å²) in [7, 11) is 3.34. The smallest absolute Gasteiger partial charge is 0.0713 e. The molecule has 14 heavy (non-hydrogen) atoms. The Labute approximate surface area is 84.8 Å². The van der Waals surface area contributed by atoms with Gasteiger partial charge in [-0.2, -0.15) is 0 Å². The summed E-state index contributed by atoms with van der Waals surface area (Å²) in [5, 5.41) is 0. The van der Waals surface area contributed by atoms with Crippen molar-refractivity contribution in [2.75, 3.05) is 20.8 Å². The lowest BCUT2D eigenvalue weighted by Crippen LogP contribution is -2.15. The van der Waals surface area contributed by atoms with Crippen LogP contribution in [0, 0.1) is 0 Å². The number of rotatable bonds is 5. The summed E-state index contributed by atoms with van der Waals surface area (Å²) < 4.78 is 10.0. The van der Waals surface area contributed by atoms with Crippen LogP contribution in [0.5, 0.6) is 0 Å². The van der Waals surface area contributed by atoms with Crippen molar-refractivity contribution in [1.29, 1.82) is 0 Å². The minimum Gasteiger partial charge on any atom is -0.383 e. The molecule has 3 nitrogen and oxygen atoms in total. The number of hydrogen-bond acceptors (Lipinski definition) is 3. The van der Waals surface area contributed by atoms with E-state index in [0.29, 0.717) is 13.2 Å². The highest BCUT2D eigenvalue weighted by atomic mass is 16.5. The fraction of sp³-hybridized carbons (Fsp3) is 0.455. The first-order valence-electron chi connectivity index (χ1n) is 4.60. The maximum Gasteiger partial charge on any atom is 0.0713 e. The largest absolute Gasteiger partial charge is 0.383 e. The van der Waals surface area contributed by atoms with Gasteiger partial charge in [0.1, 0.15) is 0 Å². The van der Waals surface area contributed by atoms with Gasteiger partial charge < -0.3 is 15.2 Å². The first-order valence-corrected chi connectivity index (χ1v) is 4.60. The van der Waals surface area contributed by atoms with E-state index in [1.54, 1.807) is 14.2 Å². The summed E-state index contributed by atoms with van der Waals surface area (Å²) >= 11 is 0. The van der Waals surface area contributed by atoms with Crippen molar-refractivity contribution in [2.45, 2.75) is 12.6 Å². The van der Waals surface area contributed by atoms with Gasteiger partial charge >= 0.3 is 0 Å². The van der Waals surface area contributed by atoms with E-state index in [0.717, 1.165) is 11.1 Å². The van der Waals surface area contributed by atoms with Crippen LogP contribution in [0.25, 0.3) is 0 Å². The van der Waals surface area contributed by atoms with Crippen LogP contribution in [-0.2, 0) is 16.1 Å².